The van der Waals surface area contributed by atoms with Crippen LogP contribution in [0, 0.1) is 0 Å². The van der Waals surface area contributed by atoms with Crippen LogP contribution in [-0.2, 0) is 21.2 Å². The molecule has 4 rings (SSSR count). The van der Waals surface area contributed by atoms with Crippen LogP contribution in [0.25, 0.3) is 11.1 Å². The molecule has 0 saturated heterocycles. The van der Waals surface area contributed by atoms with Gasteiger partial charge in [-0.05, 0) is 68.5 Å². The third kappa shape index (κ3) is 5.01. The molecule has 0 bridgehead atoms. The van der Waals surface area contributed by atoms with E-state index >= 15 is 0 Å². The zero-order valence-corrected chi connectivity index (χ0v) is 21.3. The van der Waals surface area contributed by atoms with Crippen LogP contribution in [0.3, 0.4) is 0 Å². The van der Waals surface area contributed by atoms with Gasteiger partial charge in [0.1, 0.15) is 5.76 Å². The molecule has 9 heteroatoms. The topological polar surface area (TPSA) is 91.1 Å². The van der Waals surface area contributed by atoms with Gasteiger partial charge in [-0.2, -0.15) is 0 Å². The lowest BCUT2D eigenvalue weighted by Crippen LogP contribution is -2.51. The Kier molecular flexibility index (Phi) is 6.57. The SMILES string of the molecule is CC(=O)N1c2ccc(-c3ccc(S(C)(=O)=O)cc3)cc2N(C(=O)c2ccc(CN(C)C)o2)CC1C. The first-order valence-corrected chi connectivity index (χ1v) is 13.1. The fraction of sp³-hybridized carbons (Fsp3) is 0.308. The Morgan fingerprint density at radius 2 is 1.66 bits per heavy atom. The molecule has 0 spiro atoms. The predicted molar refractivity (Wildman–Crippen MR) is 135 cm³/mol. The van der Waals surface area contributed by atoms with Gasteiger partial charge in [0.2, 0.25) is 5.91 Å². The van der Waals surface area contributed by atoms with Crippen molar-refractivity contribution in [2.45, 2.75) is 31.3 Å². The van der Waals surface area contributed by atoms with Gasteiger partial charge in [0, 0.05) is 19.7 Å². The quantitative estimate of drug-likeness (QED) is 0.535. The summed E-state index contributed by atoms with van der Waals surface area (Å²) in [4.78, 5) is 31.5. The predicted octanol–water partition coefficient (Wildman–Crippen LogP) is 3.81. The molecule has 1 aliphatic heterocycles. The fourth-order valence-electron chi connectivity index (χ4n) is 4.39. The number of hydrogen-bond acceptors (Lipinski definition) is 6. The standard InChI is InChI=1S/C26H29N3O5S/c1-17-15-28(26(31)25-13-9-21(34-25)16-27(3)4)24-14-20(8-12-23(24)29(17)18(2)30)19-6-10-22(11-7-19)35(5,32)33/h6-14,17H,15-16H2,1-5H3. The summed E-state index contributed by atoms with van der Waals surface area (Å²) in [5.74, 6) is 0.533. The van der Waals surface area contributed by atoms with Crippen LogP contribution in [0.15, 0.2) is 63.9 Å². The molecule has 184 valence electrons. The highest BCUT2D eigenvalue weighted by Crippen LogP contribution is 2.39. The minimum absolute atomic E-state index is 0.109. The van der Waals surface area contributed by atoms with E-state index in [2.05, 4.69) is 0 Å². The average Bonchev–Trinajstić information content (AvgIpc) is 3.24. The van der Waals surface area contributed by atoms with E-state index in [4.69, 9.17) is 4.42 Å². The monoisotopic (exact) mass is 495 g/mol. The van der Waals surface area contributed by atoms with Crippen molar-refractivity contribution in [2.75, 3.05) is 36.7 Å². The van der Waals surface area contributed by atoms with Crippen molar-refractivity contribution in [2.24, 2.45) is 0 Å². The van der Waals surface area contributed by atoms with Crippen LogP contribution in [0.1, 0.15) is 30.2 Å². The van der Waals surface area contributed by atoms with E-state index < -0.39 is 9.84 Å². The summed E-state index contributed by atoms with van der Waals surface area (Å²) >= 11 is 0. The van der Waals surface area contributed by atoms with Crippen molar-refractivity contribution in [3.63, 3.8) is 0 Å². The van der Waals surface area contributed by atoms with E-state index in [0.717, 1.165) is 11.1 Å². The number of carbonyl (C=O) groups excluding carboxylic acids is 2. The first-order chi connectivity index (χ1) is 16.5. The molecule has 2 amide bonds. The van der Waals surface area contributed by atoms with E-state index in [1.807, 2.05) is 44.1 Å². The van der Waals surface area contributed by atoms with Crippen molar-refractivity contribution < 1.29 is 22.4 Å². The van der Waals surface area contributed by atoms with Gasteiger partial charge in [-0.25, -0.2) is 8.42 Å². The first-order valence-electron chi connectivity index (χ1n) is 11.3. The second-order valence-corrected chi connectivity index (χ2v) is 11.2. The summed E-state index contributed by atoms with van der Waals surface area (Å²) in [5, 5.41) is 0. The second-order valence-electron chi connectivity index (χ2n) is 9.16. The van der Waals surface area contributed by atoms with Gasteiger partial charge in [0.15, 0.2) is 15.6 Å². The summed E-state index contributed by atoms with van der Waals surface area (Å²) in [6.45, 7) is 4.30. The molecule has 0 radical (unpaired) electrons. The molecular formula is C26H29N3O5S. The number of furan rings is 1. The van der Waals surface area contributed by atoms with Crippen molar-refractivity contribution in [3.8, 4) is 11.1 Å². The summed E-state index contributed by atoms with van der Waals surface area (Å²) in [6, 6.07) is 15.4. The van der Waals surface area contributed by atoms with Crippen LogP contribution in [-0.4, -0.2) is 58.1 Å². The first kappa shape index (κ1) is 24.7. The lowest BCUT2D eigenvalue weighted by molar-refractivity contribution is -0.117. The largest absolute Gasteiger partial charge is 0.455 e. The highest BCUT2D eigenvalue weighted by Gasteiger charge is 2.35. The second kappa shape index (κ2) is 9.31. The Morgan fingerprint density at radius 3 is 2.26 bits per heavy atom. The molecule has 1 unspecified atom stereocenters. The number of hydrogen-bond donors (Lipinski definition) is 0. The average molecular weight is 496 g/mol. The Balaban J connectivity index is 1.76. The fourth-order valence-corrected chi connectivity index (χ4v) is 5.02. The van der Waals surface area contributed by atoms with Gasteiger partial charge in [-0.15, -0.1) is 0 Å². The maximum absolute atomic E-state index is 13.5. The van der Waals surface area contributed by atoms with Crippen LogP contribution < -0.4 is 9.80 Å². The molecule has 3 aromatic rings. The highest BCUT2D eigenvalue weighted by molar-refractivity contribution is 7.90. The zero-order valence-electron chi connectivity index (χ0n) is 20.5. The van der Waals surface area contributed by atoms with E-state index in [1.165, 1.54) is 13.2 Å². The van der Waals surface area contributed by atoms with Crippen LogP contribution in [0.2, 0.25) is 0 Å². The normalized spacial score (nSPS) is 15.9. The Morgan fingerprint density at radius 1 is 1.00 bits per heavy atom. The van der Waals surface area contributed by atoms with Crippen molar-refractivity contribution >= 4 is 33.0 Å². The van der Waals surface area contributed by atoms with Gasteiger partial charge >= 0.3 is 0 Å². The minimum Gasteiger partial charge on any atom is -0.455 e. The molecular weight excluding hydrogens is 466 g/mol. The van der Waals surface area contributed by atoms with E-state index in [1.54, 1.807) is 46.2 Å². The molecule has 2 aromatic carbocycles. The number of amides is 2. The molecule has 1 aliphatic rings. The maximum Gasteiger partial charge on any atom is 0.294 e. The number of benzene rings is 2. The van der Waals surface area contributed by atoms with Gasteiger partial charge in [-0.3, -0.25) is 9.59 Å². The maximum atomic E-state index is 13.5. The molecule has 35 heavy (non-hydrogen) atoms. The van der Waals surface area contributed by atoms with E-state index in [9.17, 15) is 18.0 Å². The summed E-state index contributed by atoms with van der Waals surface area (Å²) in [7, 11) is 0.541. The number of fused-ring (bicyclic) bond motifs is 1. The van der Waals surface area contributed by atoms with Gasteiger partial charge in [0.25, 0.3) is 5.91 Å². The number of sulfone groups is 1. The zero-order chi connectivity index (χ0) is 25.5. The molecule has 1 aromatic heterocycles. The van der Waals surface area contributed by atoms with Crippen LogP contribution in [0.4, 0.5) is 11.4 Å². The van der Waals surface area contributed by atoms with E-state index in [0.29, 0.717) is 30.2 Å². The molecule has 0 saturated carbocycles. The lowest BCUT2D eigenvalue weighted by Gasteiger charge is -2.40. The van der Waals surface area contributed by atoms with Gasteiger partial charge < -0.3 is 19.1 Å². The highest BCUT2D eigenvalue weighted by atomic mass is 32.2. The molecule has 0 N–H and O–H groups in total. The minimum atomic E-state index is -3.31. The van der Waals surface area contributed by atoms with Gasteiger partial charge in [-0.1, -0.05) is 18.2 Å². The smallest absolute Gasteiger partial charge is 0.294 e. The van der Waals surface area contributed by atoms with Crippen molar-refractivity contribution in [3.05, 3.63) is 66.1 Å². The van der Waals surface area contributed by atoms with Crippen molar-refractivity contribution in [1.29, 1.82) is 0 Å². The van der Waals surface area contributed by atoms with Crippen LogP contribution in [0.5, 0.6) is 0 Å². The summed E-state index contributed by atoms with van der Waals surface area (Å²) in [6.07, 6.45) is 1.17. The van der Waals surface area contributed by atoms with E-state index in [-0.39, 0.29) is 28.5 Å². The number of nitrogens with zero attached hydrogens (tertiary/aromatic N) is 3. The third-order valence-corrected chi connectivity index (χ3v) is 7.09. The number of carbonyl (C=O) groups is 2. The Labute approximate surface area is 205 Å². The molecule has 8 nitrogen and oxygen atoms in total. The van der Waals surface area contributed by atoms with Crippen LogP contribution >= 0.6 is 0 Å². The number of anilines is 2. The molecule has 1 atom stereocenters. The summed E-state index contributed by atoms with van der Waals surface area (Å²) < 4.78 is 29.5. The molecule has 0 fully saturated rings. The third-order valence-electron chi connectivity index (χ3n) is 5.96. The Bertz CT molecular complexity index is 1380. The number of rotatable bonds is 5. The van der Waals surface area contributed by atoms with Crippen molar-refractivity contribution in [1.82, 2.24) is 4.90 Å². The Hall–Kier alpha value is -3.43. The lowest BCUT2D eigenvalue weighted by atomic mass is 10.0. The molecule has 2 heterocycles. The summed E-state index contributed by atoms with van der Waals surface area (Å²) in [5.41, 5.74) is 2.83. The molecule has 0 aliphatic carbocycles. The van der Waals surface area contributed by atoms with Gasteiger partial charge in [0.05, 0.1) is 28.9 Å².